The van der Waals surface area contributed by atoms with E-state index in [1.165, 1.54) is 16.9 Å². The van der Waals surface area contributed by atoms with Gasteiger partial charge in [-0.1, -0.05) is 11.3 Å². The summed E-state index contributed by atoms with van der Waals surface area (Å²) >= 11 is 1.52. The third kappa shape index (κ3) is 4.94. The molecule has 1 aliphatic rings. The van der Waals surface area contributed by atoms with Gasteiger partial charge in [0.05, 0.1) is 18.5 Å². The van der Waals surface area contributed by atoms with Gasteiger partial charge in [0.2, 0.25) is 0 Å². The van der Waals surface area contributed by atoms with Crippen LogP contribution in [0.3, 0.4) is 0 Å². The number of thiazole rings is 1. The standard InChI is InChI=1S/C22H26N8OS/c1-31-11-10-29-6-8-30(9-7-29)15-16-4-5-23-20(12-16)28-22-27-19-3-2-18(26-21(19)32-22)17-13-24-25-14-17/h2-5,12-14H,6-11,15H2,1H3,(H,24,25)(H,23,27,28). The summed E-state index contributed by atoms with van der Waals surface area (Å²) < 4.78 is 5.19. The number of H-pyrrole nitrogens is 1. The Morgan fingerprint density at radius 1 is 1.12 bits per heavy atom. The van der Waals surface area contributed by atoms with Gasteiger partial charge in [-0.3, -0.25) is 14.9 Å². The molecule has 0 unspecified atom stereocenters. The van der Waals surface area contributed by atoms with Crippen molar-refractivity contribution in [2.75, 3.05) is 51.8 Å². The van der Waals surface area contributed by atoms with Crippen LogP contribution < -0.4 is 5.32 Å². The third-order valence-electron chi connectivity index (χ3n) is 5.59. The van der Waals surface area contributed by atoms with Crippen LogP contribution in [0.2, 0.25) is 0 Å². The fourth-order valence-electron chi connectivity index (χ4n) is 3.82. The van der Waals surface area contributed by atoms with Gasteiger partial charge in [-0.05, 0) is 29.8 Å². The Bertz CT molecular complexity index is 1150. The molecule has 2 N–H and O–H groups in total. The van der Waals surface area contributed by atoms with Crippen LogP contribution in [0.1, 0.15) is 5.56 Å². The van der Waals surface area contributed by atoms with Crippen molar-refractivity contribution in [1.29, 1.82) is 0 Å². The average Bonchev–Trinajstić information content (AvgIpc) is 3.48. The Morgan fingerprint density at radius 2 is 2.00 bits per heavy atom. The summed E-state index contributed by atoms with van der Waals surface area (Å²) in [6, 6.07) is 8.14. The number of nitrogens with one attached hydrogen (secondary N) is 2. The monoisotopic (exact) mass is 450 g/mol. The van der Waals surface area contributed by atoms with E-state index in [2.05, 4.69) is 47.4 Å². The van der Waals surface area contributed by atoms with Crippen molar-refractivity contribution < 1.29 is 4.74 Å². The smallest absolute Gasteiger partial charge is 0.190 e. The minimum Gasteiger partial charge on any atom is -0.383 e. The molecule has 1 saturated heterocycles. The Kier molecular flexibility index (Phi) is 6.35. The fraction of sp³-hybridized carbons (Fsp3) is 0.364. The highest BCUT2D eigenvalue weighted by molar-refractivity contribution is 7.21. The van der Waals surface area contributed by atoms with E-state index in [9.17, 15) is 0 Å². The molecule has 5 heterocycles. The highest BCUT2D eigenvalue weighted by Crippen LogP contribution is 2.29. The lowest BCUT2D eigenvalue weighted by molar-refractivity contribution is 0.0938. The number of fused-ring (bicyclic) bond motifs is 1. The van der Waals surface area contributed by atoms with Crippen LogP contribution in [0.15, 0.2) is 42.9 Å². The van der Waals surface area contributed by atoms with E-state index in [1.54, 1.807) is 13.3 Å². The summed E-state index contributed by atoms with van der Waals surface area (Å²) in [7, 11) is 1.76. The lowest BCUT2D eigenvalue weighted by atomic mass is 10.2. The summed E-state index contributed by atoms with van der Waals surface area (Å²) in [5, 5.41) is 11.0. The Hall–Kier alpha value is -2.92. The van der Waals surface area contributed by atoms with Crippen molar-refractivity contribution in [3.8, 4) is 11.3 Å². The summed E-state index contributed by atoms with van der Waals surface area (Å²) in [5.74, 6) is 0.801. The van der Waals surface area contributed by atoms with Gasteiger partial charge < -0.3 is 10.1 Å². The van der Waals surface area contributed by atoms with E-state index in [0.717, 1.165) is 78.4 Å². The maximum Gasteiger partial charge on any atom is 0.190 e. The number of rotatable bonds is 8. The molecule has 5 rings (SSSR count). The van der Waals surface area contributed by atoms with E-state index < -0.39 is 0 Å². The van der Waals surface area contributed by atoms with Crippen LogP contribution in [0.4, 0.5) is 10.9 Å². The summed E-state index contributed by atoms with van der Waals surface area (Å²) in [4.78, 5) is 19.7. The van der Waals surface area contributed by atoms with Gasteiger partial charge in [0.25, 0.3) is 0 Å². The number of aromatic amines is 1. The molecule has 0 aromatic carbocycles. The van der Waals surface area contributed by atoms with Crippen LogP contribution >= 0.6 is 11.3 Å². The van der Waals surface area contributed by atoms with Crippen molar-refractivity contribution in [1.82, 2.24) is 34.9 Å². The molecule has 166 valence electrons. The average molecular weight is 451 g/mol. The lowest BCUT2D eigenvalue weighted by Gasteiger charge is -2.34. The minimum atomic E-state index is 0.785. The first-order valence-electron chi connectivity index (χ1n) is 10.7. The second-order valence-electron chi connectivity index (χ2n) is 7.81. The lowest BCUT2D eigenvalue weighted by Crippen LogP contribution is -2.46. The highest BCUT2D eigenvalue weighted by Gasteiger charge is 2.17. The zero-order chi connectivity index (χ0) is 21.8. The van der Waals surface area contributed by atoms with Gasteiger partial charge in [-0.25, -0.2) is 15.0 Å². The molecule has 1 aliphatic heterocycles. The van der Waals surface area contributed by atoms with Gasteiger partial charge in [-0.2, -0.15) is 5.10 Å². The number of piperazine rings is 1. The SMILES string of the molecule is COCCN1CCN(Cc2ccnc(Nc3nc4ccc(-c5cn[nH]c5)nc4s3)c2)CC1. The van der Waals surface area contributed by atoms with Crippen LogP contribution in [0.5, 0.6) is 0 Å². The summed E-state index contributed by atoms with van der Waals surface area (Å²) in [5.41, 5.74) is 3.95. The number of ether oxygens (including phenoxy) is 1. The third-order valence-corrected chi connectivity index (χ3v) is 6.47. The molecule has 0 amide bonds. The van der Waals surface area contributed by atoms with Crippen molar-refractivity contribution in [2.24, 2.45) is 0 Å². The molecular weight excluding hydrogens is 424 g/mol. The zero-order valence-electron chi connectivity index (χ0n) is 18.0. The number of aromatic nitrogens is 5. The molecule has 4 aromatic heterocycles. The first-order valence-corrected chi connectivity index (χ1v) is 11.5. The normalized spacial score (nSPS) is 15.4. The molecule has 0 aliphatic carbocycles. The van der Waals surface area contributed by atoms with E-state index in [-0.39, 0.29) is 0 Å². The predicted molar refractivity (Wildman–Crippen MR) is 126 cm³/mol. The molecule has 32 heavy (non-hydrogen) atoms. The molecule has 1 fully saturated rings. The second-order valence-corrected chi connectivity index (χ2v) is 8.79. The van der Waals surface area contributed by atoms with Crippen LogP contribution in [0.25, 0.3) is 21.6 Å². The Morgan fingerprint density at radius 3 is 2.81 bits per heavy atom. The van der Waals surface area contributed by atoms with Crippen molar-refractivity contribution in [2.45, 2.75) is 6.54 Å². The Labute approximate surface area is 190 Å². The number of hydrogen-bond donors (Lipinski definition) is 2. The first kappa shape index (κ1) is 21.0. The molecule has 0 saturated carbocycles. The summed E-state index contributed by atoms with van der Waals surface area (Å²) in [6.45, 7) is 7.02. The molecular formula is C22H26N8OS. The Balaban J connectivity index is 1.23. The van der Waals surface area contributed by atoms with Crippen LogP contribution in [0, 0.1) is 0 Å². The van der Waals surface area contributed by atoms with E-state index >= 15 is 0 Å². The van der Waals surface area contributed by atoms with Crippen LogP contribution in [-0.2, 0) is 11.3 Å². The van der Waals surface area contributed by atoms with Crippen molar-refractivity contribution in [3.05, 3.63) is 48.4 Å². The molecule has 0 atom stereocenters. The van der Waals surface area contributed by atoms with Gasteiger partial charge in [0, 0.05) is 64.3 Å². The second kappa shape index (κ2) is 9.70. The van der Waals surface area contributed by atoms with Crippen molar-refractivity contribution in [3.63, 3.8) is 0 Å². The number of pyridine rings is 2. The molecule has 9 nitrogen and oxygen atoms in total. The van der Waals surface area contributed by atoms with Gasteiger partial charge in [0.15, 0.2) is 5.13 Å². The summed E-state index contributed by atoms with van der Waals surface area (Å²) in [6.07, 6.45) is 5.46. The van der Waals surface area contributed by atoms with E-state index in [4.69, 9.17) is 9.72 Å². The minimum absolute atomic E-state index is 0.785. The maximum absolute atomic E-state index is 5.19. The van der Waals surface area contributed by atoms with Crippen LogP contribution in [-0.4, -0.2) is 81.4 Å². The fourth-order valence-corrected chi connectivity index (χ4v) is 4.67. The number of methoxy groups -OCH3 is 1. The van der Waals surface area contributed by atoms with Gasteiger partial charge >= 0.3 is 0 Å². The molecule has 10 heteroatoms. The largest absolute Gasteiger partial charge is 0.383 e. The van der Waals surface area contributed by atoms with Crippen molar-refractivity contribution >= 4 is 32.6 Å². The maximum atomic E-state index is 5.19. The van der Waals surface area contributed by atoms with E-state index in [1.807, 2.05) is 24.5 Å². The predicted octanol–water partition coefficient (Wildman–Crippen LogP) is 2.98. The van der Waals surface area contributed by atoms with Gasteiger partial charge in [0.1, 0.15) is 16.2 Å². The van der Waals surface area contributed by atoms with Gasteiger partial charge in [-0.15, -0.1) is 0 Å². The number of anilines is 2. The quantitative estimate of drug-likeness (QED) is 0.423. The molecule has 0 spiro atoms. The molecule has 0 bridgehead atoms. The molecule has 0 radical (unpaired) electrons. The number of hydrogen-bond acceptors (Lipinski definition) is 9. The highest BCUT2D eigenvalue weighted by atomic mass is 32.1. The zero-order valence-corrected chi connectivity index (χ0v) is 18.8. The number of nitrogens with zero attached hydrogens (tertiary/aromatic N) is 6. The topological polar surface area (TPSA) is 95.1 Å². The molecule has 4 aromatic rings. The van der Waals surface area contributed by atoms with E-state index in [0.29, 0.717) is 0 Å². The first-order chi connectivity index (χ1) is 15.8.